The van der Waals surface area contributed by atoms with Gasteiger partial charge in [0.05, 0.1) is 5.56 Å². The normalized spacial score (nSPS) is 15.3. The van der Waals surface area contributed by atoms with E-state index in [0.29, 0.717) is 15.1 Å². The fourth-order valence-electron chi connectivity index (χ4n) is 2.55. The van der Waals surface area contributed by atoms with Crippen LogP contribution in [0.15, 0.2) is 22.7 Å². The monoisotopic (exact) mass is 359 g/mol. The molecule has 0 bridgehead atoms. The van der Waals surface area contributed by atoms with Gasteiger partial charge < -0.3 is 10.0 Å². The van der Waals surface area contributed by atoms with E-state index >= 15 is 0 Å². The van der Waals surface area contributed by atoms with Crippen molar-refractivity contribution in [3.63, 3.8) is 0 Å². The molecule has 6 heteroatoms. The lowest BCUT2D eigenvalue weighted by atomic mass is 10.1. The molecule has 108 valence electrons. The van der Waals surface area contributed by atoms with Crippen LogP contribution >= 0.6 is 27.5 Å². The summed E-state index contributed by atoms with van der Waals surface area (Å²) in [5.74, 6) is -1.25. The third kappa shape index (κ3) is 3.52. The molecule has 0 unspecified atom stereocenters. The van der Waals surface area contributed by atoms with E-state index in [2.05, 4.69) is 15.9 Å². The van der Waals surface area contributed by atoms with Crippen LogP contribution in [0.4, 0.5) is 0 Å². The van der Waals surface area contributed by atoms with Crippen molar-refractivity contribution in [2.75, 3.05) is 6.54 Å². The third-order valence-electron chi connectivity index (χ3n) is 3.49. The van der Waals surface area contributed by atoms with E-state index in [4.69, 9.17) is 16.7 Å². The van der Waals surface area contributed by atoms with Crippen LogP contribution in [0.3, 0.4) is 0 Å². The Bertz CT molecular complexity index is 529. The second kappa shape index (κ2) is 6.59. The highest BCUT2D eigenvalue weighted by molar-refractivity contribution is 9.10. The van der Waals surface area contributed by atoms with E-state index in [9.17, 15) is 9.59 Å². The maximum Gasteiger partial charge on any atom is 0.323 e. The van der Waals surface area contributed by atoms with Crippen LogP contribution in [0.5, 0.6) is 0 Å². The first-order valence-corrected chi connectivity index (χ1v) is 7.64. The molecule has 0 radical (unpaired) electrons. The van der Waals surface area contributed by atoms with Gasteiger partial charge in [-0.3, -0.25) is 9.59 Å². The van der Waals surface area contributed by atoms with Crippen LogP contribution in [0.2, 0.25) is 5.02 Å². The molecule has 0 heterocycles. The molecular weight excluding hydrogens is 346 g/mol. The molecule has 0 spiro atoms. The second-order valence-corrected chi connectivity index (χ2v) is 6.18. The fraction of sp³-hybridized carbons (Fsp3) is 0.429. The molecule has 1 saturated carbocycles. The van der Waals surface area contributed by atoms with Crippen molar-refractivity contribution in [1.82, 2.24) is 4.90 Å². The average Bonchev–Trinajstić information content (AvgIpc) is 2.88. The van der Waals surface area contributed by atoms with Crippen LogP contribution in [0.25, 0.3) is 0 Å². The number of amides is 1. The molecule has 0 aliphatic heterocycles. The van der Waals surface area contributed by atoms with Gasteiger partial charge in [-0.15, -0.1) is 0 Å². The fourth-order valence-corrected chi connectivity index (χ4v) is 3.40. The summed E-state index contributed by atoms with van der Waals surface area (Å²) in [6, 6.07) is 4.91. The number of hydrogen-bond donors (Lipinski definition) is 1. The summed E-state index contributed by atoms with van der Waals surface area (Å²) < 4.78 is 0.586. The largest absolute Gasteiger partial charge is 0.480 e. The van der Waals surface area contributed by atoms with Gasteiger partial charge in [0.25, 0.3) is 5.91 Å². The number of aliphatic carboxylic acids is 1. The highest BCUT2D eigenvalue weighted by atomic mass is 79.9. The third-order valence-corrected chi connectivity index (χ3v) is 4.38. The topological polar surface area (TPSA) is 57.6 Å². The summed E-state index contributed by atoms with van der Waals surface area (Å²) in [6.45, 7) is -0.265. The zero-order valence-electron chi connectivity index (χ0n) is 10.8. The molecule has 0 aromatic heterocycles. The smallest absolute Gasteiger partial charge is 0.323 e. The summed E-state index contributed by atoms with van der Waals surface area (Å²) in [4.78, 5) is 25.1. The van der Waals surface area contributed by atoms with E-state index in [1.165, 1.54) is 4.90 Å². The van der Waals surface area contributed by atoms with Gasteiger partial charge in [-0.05, 0) is 47.0 Å². The lowest BCUT2D eigenvalue weighted by molar-refractivity contribution is -0.138. The maximum atomic E-state index is 12.6. The Morgan fingerprint density at radius 3 is 2.55 bits per heavy atom. The second-order valence-electron chi connectivity index (χ2n) is 4.89. The number of carbonyl (C=O) groups is 2. The van der Waals surface area contributed by atoms with Crippen molar-refractivity contribution in [2.45, 2.75) is 31.7 Å². The minimum atomic E-state index is -0.990. The molecule has 1 N–H and O–H groups in total. The minimum absolute atomic E-state index is 0.0150. The van der Waals surface area contributed by atoms with E-state index in [0.717, 1.165) is 25.7 Å². The van der Waals surface area contributed by atoms with E-state index in [1.54, 1.807) is 18.2 Å². The number of halogens is 2. The predicted molar refractivity (Wildman–Crippen MR) is 80.1 cm³/mol. The number of carboxylic acids is 1. The number of rotatable bonds is 4. The van der Waals surface area contributed by atoms with Crippen LogP contribution in [0.1, 0.15) is 36.0 Å². The first-order chi connectivity index (χ1) is 9.49. The van der Waals surface area contributed by atoms with Crippen LogP contribution in [-0.2, 0) is 4.79 Å². The first-order valence-electron chi connectivity index (χ1n) is 6.47. The number of hydrogen-bond acceptors (Lipinski definition) is 2. The van der Waals surface area contributed by atoms with Gasteiger partial charge >= 0.3 is 5.97 Å². The van der Waals surface area contributed by atoms with Crippen molar-refractivity contribution in [2.24, 2.45) is 0 Å². The molecule has 4 nitrogen and oxygen atoms in total. The van der Waals surface area contributed by atoms with Crippen molar-refractivity contribution in [3.05, 3.63) is 33.3 Å². The summed E-state index contributed by atoms with van der Waals surface area (Å²) in [5.41, 5.74) is 0.447. The Morgan fingerprint density at radius 2 is 2.00 bits per heavy atom. The molecule has 2 rings (SSSR count). The molecule has 1 aromatic carbocycles. The minimum Gasteiger partial charge on any atom is -0.480 e. The lowest BCUT2D eigenvalue weighted by Gasteiger charge is -2.27. The summed E-state index contributed by atoms with van der Waals surface area (Å²) in [5, 5.41) is 9.55. The Hall–Kier alpha value is -1.07. The molecule has 1 amide bonds. The van der Waals surface area contributed by atoms with Gasteiger partial charge in [0.1, 0.15) is 6.54 Å². The molecule has 0 saturated heterocycles. The number of carboxylic acid groups (broad SMARTS) is 1. The molecule has 0 atom stereocenters. The summed E-state index contributed by atoms with van der Waals surface area (Å²) in [7, 11) is 0. The standard InChI is InChI=1S/C14H15BrClNO3/c15-12-7-9(16)5-6-11(12)14(20)17(8-13(18)19)10-3-1-2-4-10/h5-7,10H,1-4,8H2,(H,18,19). The highest BCUT2D eigenvalue weighted by Crippen LogP contribution is 2.28. The summed E-state index contributed by atoms with van der Waals surface area (Å²) in [6.07, 6.45) is 3.81. The molecule has 1 fully saturated rings. The highest BCUT2D eigenvalue weighted by Gasteiger charge is 2.29. The van der Waals surface area contributed by atoms with Gasteiger partial charge in [0.15, 0.2) is 0 Å². The Morgan fingerprint density at radius 1 is 1.35 bits per heavy atom. The molecular formula is C14H15BrClNO3. The van der Waals surface area contributed by atoms with Crippen molar-refractivity contribution in [3.8, 4) is 0 Å². The number of carbonyl (C=O) groups excluding carboxylic acids is 1. The van der Waals surface area contributed by atoms with Crippen molar-refractivity contribution in [1.29, 1.82) is 0 Å². The lowest BCUT2D eigenvalue weighted by Crippen LogP contribution is -2.42. The molecule has 20 heavy (non-hydrogen) atoms. The zero-order valence-corrected chi connectivity index (χ0v) is 13.2. The number of nitrogens with zero attached hydrogens (tertiary/aromatic N) is 1. The van der Waals surface area contributed by atoms with Crippen LogP contribution < -0.4 is 0 Å². The van der Waals surface area contributed by atoms with E-state index < -0.39 is 5.97 Å². The van der Waals surface area contributed by atoms with Gasteiger partial charge in [-0.25, -0.2) is 0 Å². The van der Waals surface area contributed by atoms with Crippen LogP contribution in [-0.4, -0.2) is 34.5 Å². The zero-order chi connectivity index (χ0) is 14.7. The average molecular weight is 361 g/mol. The Balaban J connectivity index is 2.27. The Labute approximate surface area is 130 Å². The Kier molecular flexibility index (Phi) is 5.05. The van der Waals surface area contributed by atoms with E-state index in [-0.39, 0.29) is 18.5 Å². The quantitative estimate of drug-likeness (QED) is 0.893. The van der Waals surface area contributed by atoms with E-state index in [1.807, 2.05) is 0 Å². The van der Waals surface area contributed by atoms with Gasteiger partial charge in [-0.2, -0.15) is 0 Å². The van der Waals surface area contributed by atoms with Crippen LogP contribution in [0, 0.1) is 0 Å². The SMILES string of the molecule is O=C(O)CN(C(=O)c1ccc(Cl)cc1Br)C1CCCC1. The van der Waals surface area contributed by atoms with Gasteiger partial charge in [-0.1, -0.05) is 24.4 Å². The molecule has 1 aliphatic rings. The van der Waals surface area contributed by atoms with Crippen molar-refractivity contribution < 1.29 is 14.7 Å². The molecule has 1 aromatic rings. The van der Waals surface area contributed by atoms with Gasteiger partial charge in [0.2, 0.25) is 0 Å². The van der Waals surface area contributed by atoms with Gasteiger partial charge in [0, 0.05) is 15.5 Å². The molecule has 1 aliphatic carbocycles. The van der Waals surface area contributed by atoms with Crippen molar-refractivity contribution >= 4 is 39.4 Å². The maximum absolute atomic E-state index is 12.6. The number of benzene rings is 1. The first kappa shape index (κ1) is 15.3. The summed E-state index contributed by atoms with van der Waals surface area (Å²) >= 11 is 9.18. The predicted octanol–water partition coefficient (Wildman–Crippen LogP) is 3.57.